The van der Waals surface area contributed by atoms with Crippen molar-refractivity contribution in [3.05, 3.63) is 35.9 Å². The number of carbonyl (C=O) groups excluding carboxylic acids is 1. The highest BCUT2D eigenvalue weighted by Crippen LogP contribution is 2.08. The van der Waals surface area contributed by atoms with Crippen LogP contribution in [0.3, 0.4) is 0 Å². The maximum atomic E-state index is 11.6. The summed E-state index contributed by atoms with van der Waals surface area (Å²) in [6, 6.07) is 10.2. The van der Waals surface area contributed by atoms with Crippen molar-refractivity contribution in [1.82, 2.24) is 10.2 Å². The molecule has 3 heteroatoms. The van der Waals surface area contributed by atoms with Gasteiger partial charge in [0, 0.05) is 19.6 Å². The lowest BCUT2D eigenvalue weighted by atomic mass is 10.2. The molecule has 1 aromatic rings. The van der Waals surface area contributed by atoms with Gasteiger partial charge in [-0.15, -0.1) is 0 Å². The van der Waals surface area contributed by atoms with Crippen molar-refractivity contribution in [2.24, 2.45) is 0 Å². The fraction of sp³-hybridized carbons (Fsp3) is 0.417. The van der Waals surface area contributed by atoms with Gasteiger partial charge in [0.15, 0.2) is 0 Å². The molecule has 0 radical (unpaired) electrons. The molecule has 0 atom stereocenters. The summed E-state index contributed by atoms with van der Waals surface area (Å²) in [5, 5.41) is 2.90. The molecule has 0 saturated carbocycles. The van der Waals surface area contributed by atoms with E-state index >= 15 is 0 Å². The second-order valence-corrected chi connectivity index (χ2v) is 3.85. The predicted octanol–water partition coefficient (Wildman–Crippen LogP) is 1.99. The summed E-state index contributed by atoms with van der Waals surface area (Å²) >= 11 is 0. The lowest BCUT2D eigenvalue weighted by Gasteiger charge is -2.20. The van der Waals surface area contributed by atoms with Crippen LogP contribution in [-0.4, -0.2) is 24.0 Å². The van der Waals surface area contributed by atoms with E-state index < -0.39 is 0 Å². The van der Waals surface area contributed by atoms with Gasteiger partial charge < -0.3 is 10.2 Å². The Bertz CT molecular complexity index is 324. The van der Waals surface area contributed by atoms with E-state index in [2.05, 4.69) is 17.4 Å². The van der Waals surface area contributed by atoms with Gasteiger partial charge in [-0.2, -0.15) is 0 Å². The summed E-state index contributed by atoms with van der Waals surface area (Å²) in [6.45, 7) is 2.39. The monoisotopic (exact) mass is 204 g/mol. The van der Waals surface area contributed by atoms with Crippen LogP contribution < -0.4 is 5.32 Å². The normalized spacial score (nSPS) is 17.1. The minimum Gasteiger partial charge on any atom is -0.338 e. The first-order valence-electron chi connectivity index (χ1n) is 5.43. The standard InChI is InChI=1S/C12H16N2O/c15-12-13-8-4-5-9-14(12)10-11-6-2-1-3-7-11/h1-3,6-7H,4-5,8-10H2,(H,13,15). The molecule has 0 bridgehead atoms. The molecule has 15 heavy (non-hydrogen) atoms. The van der Waals surface area contributed by atoms with Gasteiger partial charge >= 0.3 is 6.03 Å². The largest absolute Gasteiger partial charge is 0.338 e. The third kappa shape index (κ3) is 2.72. The molecule has 0 spiro atoms. The second-order valence-electron chi connectivity index (χ2n) is 3.85. The first kappa shape index (κ1) is 10.0. The Morgan fingerprint density at radius 2 is 2.00 bits per heavy atom. The Balaban J connectivity index is 2.01. The molecule has 80 valence electrons. The fourth-order valence-electron chi connectivity index (χ4n) is 1.79. The van der Waals surface area contributed by atoms with Crippen LogP contribution in [0.25, 0.3) is 0 Å². The van der Waals surface area contributed by atoms with Gasteiger partial charge in [0.2, 0.25) is 0 Å². The van der Waals surface area contributed by atoms with Crippen LogP contribution in [0.1, 0.15) is 18.4 Å². The molecule has 1 N–H and O–H groups in total. The highest BCUT2D eigenvalue weighted by Gasteiger charge is 2.15. The van der Waals surface area contributed by atoms with E-state index in [4.69, 9.17) is 0 Å². The number of hydrogen-bond acceptors (Lipinski definition) is 1. The number of amides is 2. The molecule has 1 aliphatic heterocycles. The Morgan fingerprint density at radius 3 is 2.80 bits per heavy atom. The third-order valence-corrected chi connectivity index (χ3v) is 2.63. The van der Waals surface area contributed by atoms with Crippen molar-refractivity contribution < 1.29 is 4.79 Å². The molecular weight excluding hydrogens is 188 g/mol. The Kier molecular flexibility index (Phi) is 3.22. The minimum absolute atomic E-state index is 0.0661. The van der Waals surface area contributed by atoms with Crippen LogP contribution in [0.2, 0.25) is 0 Å². The van der Waals surface area contributed by atoms with Gasteiger partial charge in [-0.3, -0.25) is 0 Å². The van der Waals surface area contributed by atoms with Gasteiger partial charge in [-0.25, -0.2) is 4.79 Å². The first-order chi connectivity index (χ1) is 7.36. The average molecular weight is 204 g/mol. The summed E-state index contributed by atoms with van der Waals surface area (Å²) in [6.07, 6.45) is 2.17. The first-order valence-corrected chi connectivity index (χ1v) is 5.43. The molecule has 3 nitrogen and oxygen atoms in total. The third-order valence-electron chi connectivity index (χ3n) is 2.63. The molecule has 1 fully saturated rings. The lowest BCUT2D eigenvalue weighted by molar-refractivity contribution is 0.200. The molecule has 1 heterocycles. The summed E-state index contributed by atoms with van der Waals surface area (Å²) in [4.78, 5) is 13.5. The van der Waals surface area contributed by atoms with Crippen molar-refractivity contribution in [2.75, 3.05) is 13.1 Å². The van der Waals surface area contributed by atoms with Crippen molar-refractivity contribution >= 4 is 6.03 Å². The second kappa shape index (κ2) is 4.82. The maximum Gasteiger partial charge on any atom is 0.317 e. The molecule has 0 aromatic heterocycles. The van der Waals surface area contributed by atoms with E-state index in [1.165, 1.54) is 5.56 Å². The SMILES string of the molecule is O=C1NCCCCN1Cc1ccccc1. The number of carbonyl (C=O) groups is 1. The maximum absolute atomic E-state index is 11.6. The Labute approximate surface area is 90.1 Å². The molecule has 1 saturated heterocycles. The summed E-state index contributed by atoms with van der Waals surface area (Å²) < 4.78 is 0. The van der Waals surface area contributed by atoms with Crippen molar-refractivity contribution in [2.45, 2.75) is 19.4 Å². The van der Waals surface area contributed by atoms with Crippen molar-refractivity contribution in [1.29, 1.82) is 0 Å². The van der Waals surface area contributed by atoms with Crippen LogP contribution in [0.5, 0.6) is 0 Å². The molecule has 0 aliphatic carbocycles. The highest BCUT2D eigenvalue weighted by atomic mass is 16.2. The zero-order chi connectivity index (χ0) is 10.5. The fourth-order valence-corrected chi connectivity index (χ4v) is 1.79. The Morgan fingerprint density at radius 1 is 1.20 bits per heavy atom. The quantitative estimate of drug-likeness (QED) is 0.785. The summed E-state index contributed by atoms with van der Waals surface area (Å²) in [7, 11) is 0. The highest BCUT2D eigenvalue weighted by molar-refractivity contribution is 5.74. The molecule has 2 amide bonds. The van der Waals surface area contributed by atoms with Crippen LogP contribution in [0.15, 0.2) is 30.3 Å². The molecule has 0 unspecified atom stereocenters. The molecule has 1 aromatic carbocycles. The van der Waals surface area contributed by atoms with Crippen LogP contribution in [0, 0.1) is 0 Å². The Hall–Kier alpha value is -1.51. The number of rotatable bonds is 2. The van der Waals surface area contributed by atoms with Crippen LogP contribution in [-0.2, 0) is 6.54 Å². The van der Waals surface area contributed by atoms with E-state index in [9.17, 15) is 4.79 Å². The number of urea groups is 1. The smallest absolute Gasteiger partial charge is 0.317 e. The van der Waals surface area contributed by atoms with Crippen LogP contribution >= 0.6 is 0 Å². The number of nitrogens with zero attached hydrogens (tertiary/aromatic N) is 1. The van der Waals surface area contributed by atoms with Gasteiger partial charge in [-0.05, 0) is 18.4 Å². The van der Waals surface area contributed by atoms with E-state index in [0.29, 0.717) is 6.54 Å². The van der Waals surface area contributed by atoms with E-state index in [1.807, 2.05) is 23.1 Å². The van der Waals surface area contributed by atoms with Crippen LogP contribution in [0.4, 0.5) is 4.79 Å². The number of nitrogens with one attached hydrogen (secondary N) is 1. The molecule has 2 rings (SSSR count). The summed E-state index contributed by atoms with van der Waals surface area (Å²) in [5.74, 6) is 0. The molecule has 1 aliphatic rings. The van der Waals surface area contributed by atoms with Gasteiger partial charge in [0.05, 0.1) is 0 Å². The lowest BCUT2D eigenvalue weighted by Crippen LogP contribution is -2.37. The number of benzene rings is 1. The number of hydrogen-bond donors (Lipinski definition) is 1. The van der Waals surface area contributed by atoms with Gasteiger partial charge in [0.1, 0.15) is 0 Å². The van der Waals surface area contributed by atoms with Crippen molar-refractivity contribution in [3.63, 3.8) is 0 Å². The van der Waals surface area contributed by atoms with E-state index in [0.717, 1.165) is 25.9 Å². The van der Waals surface area contributed by atoms with E-state index in [-0.39, 0.29) is 6.03 Å². The average Bonchev–Trinajstić information content (AvgIpc) is 2.46. The zero-order valence-electron chi connectivity index (χ0n) is 8.78. The summed E-state index contributed by atoms with van der Waals surface area (Å²) in [5.41, 5.74) is 1.19. The van der Waals surface area contributed by atoms with Crippen molar-refractivity contribution in [3.8, 4) is 0 Å². The molecular formula is C12H16N2O. The van der Waals surface area contributed by atoms with Gasteiger partial charge in [-0.1, -0.05) is 30.3 Å². The predicted molar refractivity (Wildman–Crippen MR) is 59.5 cm³/mol. The zero-order valence-corrected chi connectivity index (χ0v) is 8.78. The van der Waals surface area contributed by atoms with E-state index in [1.54, 1.807) is 0 Å². The van der Waals surface area contributed by atoms with Gasteiger partial charge in [0.25, 0.3) is 0 Å². The minimum atomic E-state index is 0.0661. The topological polar surface area (TPSA) is 32.3 Å².